The Kier molecular flexibility index (Phi) is 3.31. The Morgan fingerprint density at radius 3 is 2.82 bits per heavy atom. The van der Waals surface area contributed by atoms with Gasteiger partial charge in [0.15, 0.2) is 0 Å². The number of hydrogen-bond donors (Lipinski definition) is 2. The number of pyridine rings is 1. The predicted octanol–water partition coefficient (Wildman–Crippen LogP) is 2.05. The lowest BCUT2D eigenvalue weighted by molar-refractivity contribution is 0.749. The number of nitrogens with one attached hydrogen (secondary N) is 1. The highest BCUT2D eigenvalue weighted by Gasteiger charge is 2.31. The zero-order chi connectivity index (χ0) is 12.4. The van der Waals surface area contributed by atoms with Gasteiger partial charge >= 0.3 is 0 Å². The van der Waals surface area contributed by atoms with Gasteiger partial charge in [-0.3, -0.25) is 5.41 Å². The van der Waals surface area contributed by atoms with Crippen molar-refractivity contribution < 1.29 is 0 Å². The van der Waals surface area contributed by atoms with Gasteiger partial charge in [0.25, 0.3) is 0 Å². The lowest BCUT2D eigenvalue weighted by Crippen LogP contribution is -2.30. The molecule has 0 radical (unpaired) electrons. The normalized spacial score (nSPS) is 14.7. The third kappa shape index (κ3) is 2.40. The maximum atomic E-state index is 7.72. The molecule has 0 saturated heterocycles. The molecule has 1 aliphatic carbocycles. The SMILES string of the molecule is CCCN(c1nccc(C)c1C(=N)N)C1CC1. The summed E-state index contributed by atoms with van der Waals surface area (Å²) in [6, 6.07) is 2.51. The molecule has 1 aliphatic rings. The number of nitrogen functional groups attached to an aromatic ring is 1. The van der Waals surface area contributed by atoms with E-state index in [0.717, 1.165) is 29.9 Å². The molecule has 92 valence electrons. The summed E-state index contributed by atoms with van der Waals surface area (Å²) in [4.78, 5) is 6.76. The van der Waals surface area contributed by atoms with Crippen molar-refractivity contribution in [3.63, 3.8) is 0 Å². The van der Waals surface area contributed by atoms with Crippen LogP contribution < -0.4 is 10.6 Å². The van der Waals surface area contributed by atoms with E-state index in [4.69, 9.17) is 11.1 Å². The van der Waals surface area contributed by atoms with Crippen LogP contribution in [0.1, 0.15) is 37.3 Å². The minimum Gasteiger partial charge on any atom is -0.384 e. The third-order valence-electron chi connectivity index (χ3n) is 3.13. The van der Waals surface area contributed by atoms with Crippen LogP contribution in [-0.2, 0) is 0 Å². The minimum atomic E-state index is 0.118. The van der Waals surface area contributed by atoms with Crippen LogP contribution in [0.4, 0.5) is 5.82 Å². The van der Waals surface area contributed by atoms with Gasteiger partial charge in [0.2, 0.25) is 0 Å². The third-order valence-corrected chi connectivity index (χ3v) is 3.13. The van der Waals surface area contributed by atoms with E-state index in [1.54, 1.807) is 0 Å². The summed E-state index contributed by atoms with van der Waals surface area (Å²) in [6.45, 7) is 5.14. The molecule has 3 N–H and O–H groups in total. The fourth-order valence-corrected chi connectivity index (χ4v) is 2.18. The fraction of sp³-hybridized carbons (Fsp3) is 0.538. The van der Waals surface area contributed by atoms with Gasteiger partial charge in [0.05, 0.1) is 5.56 Å². The zero-order valence-electron chi connectivity index (χ0n) is 10.5. The van der Waals surface area contributed by atoms with Gasteiger partial charge in [-0.15, -0.1) is 0 Å². The summed E-state index contributed by atoms with van der Waals surface area (Å²) >= 11 is 0. The largest absolute Gasteiger partial charge is 0.384 e. The average molecular weight is 232 g/mol. The fourth-order valence-electron chi connectivity index (χ4n) is 2.18. The first-order chi connectivity index (χ1) is 8.15. The first-order valence-electron chi connectivity index (χ1n) is 6.21. The number of hydrogen-bond acceptors (Lipinski definition) is 3. The Morgan fingerprint density at radius 2 is 2.29 bits per heavy atom. The maximum absolute atomic E-state index is 7.72. The van der Waals surface area contributed by atoms with E-state index in [1.165, 1.54) is 12.8 Å². The number of nitrogens with two attached hydrogens (primary N) is 1. The number of amidine groups is 1. The molecule has 17 heavy (non-hydrogen) atoms. The Hall–Kier alpha value is -1.58. The van der Waals surface area contributed by atoms with Crippen molar-refractivity contribution in [2.75, 3.05) is 11.4 Å². The minimum absolute atomic E-state index is 0.118. The van der Waals surface area contributed by atoms with Gasteiger partial charge in [-0.05, 0) is 37.8 Å². The zero-order valence-corrected chi connectivity index (χ0v) is 10.5. The average Bonchev–Trinajstić information content (AvgIpc) is 3.08. The van der Waals surface area contributed by atoms with Crippen LogP contribution in [0.25, 0.3) is 0 Å². The molecular weight excluding hydrogens is 212 g/mol. The standard InChI is InChI=1S/C13H20N4/c1-3-8-17(10-4-5-10)13-11(12(14)15)9(2)6-7-16-13/h6-7,10H,3-5,8H2,1-2H3,(H3,14,15). The maximum Gasteiger partial charge on any atom is 0.140 e. The Labute approximate surface area is 102 Å². The van der Waals surface area contributed by atoms with Crippen LogP contribution in [0, 0.1) is 12.3 Å². The van der Waals surface area contributed by atoms with Gasteiger partial charge in [0, 0.05) is 18.8 Å². The highest BCUT2D eigenvalue weighted by Crippen LogP contribution is 2.33. The molecule has 1 heterocycles. The molecule has 0 unspecified atom stereocenters. The molecule has 0 spiro atoms. The summed E-state index contributed by atoms with van der Waals surface area (Å²) in [5, 5.41) is 7.72. The van der Waals surface area contributed by atoms with E-state index >= 15 is 0 Å². The van der Waals surface area contributed by atoms with Crippen molar-refractivity contribution in [2.24, 2.45) is 5.73 Å². The molecule has 4 heteroatoms. The molecule has 0 amide bonds. The quantitative estimate of drug-likeness (QED) is 0.603. The van der Waals surface area contributed by atoms with E-state index in [0.29, 0.717) is 6.04 Å². The highest BCUT2D eigenvalue weighted by atomic mass is 15.2. The number of aromatic nitrogens is 1. The van der Waals surface area contributed by atoms with Crippen LogP contribution in [0.3, 0.4) is 0 Å². The molecule has 1 aromatic rings. The topological polar surface area (TPSA) is 66.0 Å². The number of nitrogens with zero attached hydrogens (tertiary/aromatic N) is 2. The molecule has 1 saturated carbocycles. The lowest BCUT2D eigenvalue weighted by atomic mass is 10.1. The van der Waals surface area contributed by atoms with Crippen LogP contribution in [-0.4, -0.2) is 23.4 Å². The monoisotopic (exact) mass is 232 g/mol. The first-order valence-corrected chi connectivity index (χ1v) is 6.21. The van der Waals surface area contributed by atoms with Gasteiger partial charge < -0.3 is 10.6 Å². The van der Waals surface area contributed by atoms with Gasteiger partial charge in [-0.2, -0.15) is 0 Å². The van der Waals surface area contributed by atoms with E-state index in [1.807, 2.05) is 19.2 Å². The summed E-state index contributed by atoms with van der Waals surface area (Å²) in [5.74, 6) is 1.01. The summed E-state index contributed by atoms with van der Waals surface area (Å²) < 4.78 is 0. The second kappa shape index (κ2) is 4.73. The van der Waals surface area contributed by atoms with Crippen LogP contribution >= 0.6 is 0 Å². The van der Waals surface area contributed by atoms with Crippen molar-refractivity contribution in [1.82, 2.24) is 4.98 Å². The van der Waals surface area contributed by atoms with E-state index < -0.39 is 0 Å². The summed E-state index contributed by atoms with van der Waals surface area (Å²) in [5.41, 5.74) is 7.52. The molecule has 0 bridgehead atoms. The highest BCUT2D eigenvalue weighted by molar-refractivity contribution is 6.01. The molecule has 0 aromatic carbocycles. The molecule has 1 fully saturated rings. The Balaban J connectivity index is 2.41. The van der Waals surface area contributed by atoms with Crippen molar-refractivity contribution in [1.29, 1.82) is 5.41 Å². The summed E-state index contributed by atoms with van der Waals surface area (Å²) in [7, 11) is 0. The number of aryl methyl sites for hydroxylation is 1. The predicted molar refractivity (Wildman–Crippen MR) is 70.6 cm³/mol. The Bertz CT molecular complexity index is 423. The molecule has 0 aliphatic heterocycles. The molecular formula is C13H20N4. The van der Waals surface area contributed by atoms with Gasteiger partial charge in [0.1, 0.15) is 11.7 Å². The first kappa shape index (κ1) is 11.9. The second-order valence-electron chi connectivity index (χ2n) is 4.66. The second-order valence-corrected chi connectivity index (χ2v) is 4.66. The molecule has 0 atom stereocenters. The van der Waals surface area contributed by atoms with Gasteiger partial charge in [-0.25, -0.2) is 4.98 Å². The van der Waals surface area contributed by atoms with Crippen molar-refractivity contribution in [3.05, 3.63) is 23.4 Å². The van der Waals surface area contributed by atoms with Crippen LogP contribution in [0.2, 0.25) is 0 Å². The molecule has 2 rings (SSSR count). The number of rotatable bonds is 5. The van der Waals surface area contributed by atoms with Crippen molar-refractivity contribution in [3.8, 4) is 0 Å². The van der Waals surface area contributed by atoms with E-state index in [-0.39, 0.29) is 5.84 Å². The van der Waals surface area contributed by atoms with Gasteiger partial charge in [-0.1, -0.05) is 6.92 Å². The molecule has 4 nitrogen and oxygen atoms in total. The number of anilines is 1. The van der Waals surface area contributed by atoms with Crippen molar-refractivity contribution >= 4 is 11.7 Å². The summed E-state index contributed by atoms with van der Waals surface area (Å²) in [6.07, 6.45) is 5.35. The van der Waals surface area contributed by atoms with E-state index in [9.17, 15) is 0 Å². The van der Waals surface area contributed by atoms with E-state index in [2.05, 4.69) is 16.8 Å². The lowest BCUT2D eigenvalue weighted by Gasteiger charge is -2.25. The van der Waals surface area contributed by atoms with Crippen LogP contribution in [0.5, 0.6) is 0 Å². The molecule has 1 aromatic heterocycles. The Morgan fingerprint density at radius 1 is 1.59 bits per heavy atom. The van der Waals surface area contributed by atoms with Crippen LogP contribution in [0.15, 0.2) is 12.3 Å². The smallest absolute Gasteiger partial charge is 0.140 e. The van der Waals surface area contributed by atoms with Crippen molar-refractivity contribution in [2.45, 2.75) is 39.2 Å².